The highest BCUT2D eigenvalue weighted by Crippen LogP contribution is 2.14. The molecule has 3 nitrogen and oxygen atoms in total. The number of aryl methyl sites for hydroxylation is 1. The Morgan fingerprint density at radius 2 is 2.06 bits per heavy atom. The maximum Gasteiger partial charge on any atom is 0.138 e. The van der Waals surface area contributed by atoms with Gasteiger partial charge in [0, 0.05) is 25.4 Å². The summed E-state index contributed by atoms with van der Waals surface area (Å²) in [5, 5.41) is 3.12. The fourth-order valence-electron chi connectivity index (χ4n) is 1.78. The van der Waals surface area contributed by atoms with Crippen molar-refractivity contribution in [2.24, 2.45) is 5.92 Å². The van der Waals surface area contributed by atoms with E-state index in [9.17, 15) is 4.79 Å². The maximum absolute atomic E-state index is 11.7. The first-order chi connectivity index (χ1) is 7.79. The highest BCUT2D eigenvalue weighted by Gasteiger charge is 2.23. The standard InChI is InChI=1S/C13H17NO2/c1-16-12-5-2-10(3-6-12)4-7-13(15)11-8-14-9-11/h2-3,5-6,11,14H,4,7-9H2,1H3. The zero-order chi connectivity index (χ0) is 11.4. The van der Waals surface area contributed by atoms with Gasteiger partial charge in [-0.3, -0.25) is 4.79 Å². The molecule has 86 valence electrons. The number of nitrogens with one attached hydrogen (secondary N) is 1. The Labute approximate surface area is 95.8 Å². The molecule has 2 rings (SSSR count). The fourth-order valence-corrected chi connectivity index (χ4v) is 1.78. The Bertz CT molecular complexity index is 355. The molecule has 0 amide bonds. The molecule has 0 bridgehead atoms. The van der Waals surface area contributed by atoms with Crippen molar-refractivity contribution in [3.05, 3.63) is 29.8 Å². The molecule has 0 aromatic heterocycles. The van der Waals surface area contributed by atoms with E-state index in [1.165, 1.54) is 5.56 Å². The van der Waals surface area contributed by atoms with Gasteiger partial charge in [-0.2, -0.15) is 0 Å². The largest absolute Gasteiger partial charge is 0.497 e. The van der Waals surface area contributed by atoms with Gasteiger partial charge in [-0.05, 0) is 24.1 Å². The van der Waals surface area contributed by atoms with E-state index in [-0.39, 0.29) is 5.92 Å². The van der Waals surface area contributed by atoms with Crippen molar-refractivity contribution in [2.75, 3.05) is 20.2 Å². The molecule has 1 aromatic rings. The van der Waals surface area contributed by atoms with Gasteiger partial charge in [0.25, 0.3) is 0 Å². The van der Waals surface area contributed by atoms with Crippen LogP contribution in [0.1, 0.15) is 12.0 Å². The molecule has 1 aliphatic heterocycles. The van der Waals surface area contributed by atoms with E-state index < -0.39 is 0 Å². The van der Waals surface area contributed by atoms with Crippen LogP contribution in [-0.4, -0.2) is 26.0 Å². The lowest BCUT2D eigenvalue weighted by molar-refractivity contribution is -0.124. The zero-order valence-electron chi connectivity index (χ0n) is 9.53. The predicted octanol–water partition coefficient (Wildman–Crippen LogP) is 1.42. The van der Waals surface area contributed by atoms with Crippen LogP contribution in [0.15, 0.2) is 24.3 Å². The van der Waals surface area contributed by atoms with E-state index >= 15 is 0 Å². The summed E-state index contributed by atoms with van der Waals surface area (Å²) in [5.41, 5.74) is 1.20. The quantitative estimate of drug-likeness (QED) is 0.814. The van der Waals surface area contributed by atoms with Gasteiger partial charge in [0.05, 0.1) is 7.11 Å². The van der Waals surface area contributed by atoms with Crippen molar-refractivity contribution in [2.45, 2.75) is 12.8 Å². The molecule has 1 aromatic carbocycles. The van der Waals surface area contributed by atoms with Gasteiger partial charge in [-0.1, -0.05) is 12.1 Å². The van der Waals surface area contributed by atoms with E-state index in [0.29, 0.717) is 12.2 Å². The number of hydrogen-bond donors (Lipinski definition) is 1. The van der Waals surface area contributed by atoms with Crippen molar-refractivity contribution in [1.82, 2.24) is 5.32 Å². The SMILES string of the molecule is COc1ccc(CCC(=O)C2CNC2)cc1. The van der Waals surface area contributed by atoms with E-state index in [2.05, 4.69) is 5.32 Å². The Hall–Kier alpha value is -1.35. The fraction of sp³-hybridized carbons (Fsp3) is 0.462. The van der Waals surface area contributed by atoms with E-state index in [4.69, 9.17) is 4.74 Å². The smallest absolute Gasteiger partial charge is 0.138 e. The second-order valence-electron chi connectivity index (χ2n) is 4.17. The number of rotatable bonds is 5. The lowest BCUT2D eigenvalue weighted by Crippen LogP contribution is -2.46. The zero-order valence-corrected chi connectivity index (χ0v) is 9.53. The molecule has 1 N–H and O–H groups in total. The van der Waals surface area contributed by atoms with Gasteiger partial charge in [0.15, 0.2) is 0 Å². The van der Waals surface area contributed by atoms with Gasteiger partial charge in [-0.25, -0.2) is 0 Å². The van der Waals surface area contributed by atoms with Crippen molar-refractivity contribution >= 4 is 5.78 Å². The lowest BCUT2D eigenvalue weighted by atomic mass is 9.93. The highest BCUT2D eigenvalue weighted by molar-refractivity contribution is 5.82. The Balaban J connectivity index is 1.81. The van der Waals surface area contributed by atoms with E-state index in [0.717, 1.165) is 25.3 Å². The first-order valence-electron chi connectivity index (χ1n) is 5.66. The molecule has 0 radical (unpaired) electrons. The number of carbonyl (C=O) groups excluding carboxylic acids is 1. The molecule has 16 heavy (non-hydrogen) atoms. The number of ether oxygens (including phenoxy) is 1. The predicted molar refractivity (Wildman–Crippen MR) is 62.7 cm³/mol. The Morgan fingerprint density at radius 1 is 1.38 bits per heavy atom. The van der Waals surface area contributed by atoms with Gasteiger partial charge in [0.1, 0.15) is 11.5 Å². The third-order valence-electron chi connectivity index (χ3n) is 3.06. The molecule has 0 atom stereocenters. The van der Waals surface area contributed by atoms with Crippen LogP contribution in [-0.2, 0) is 11.2 Å². The van der Waals surface area contributed by atoms with Crippen molar-refractivity contribution in [3.8, 4) is 5.75 Å². The van der Waals surface area contributed by atoms with E-state index in [1.807, 2.05) is 24.3 Å². The lowest BCUT2D eigenvalue weighted by Gasteiger charge is -2.25. The van der Waals surface area contributed by atoms with Crippen molar-refractivity contribution in [3.63, 3.8) is 0 Å². The number of Topliss-reactive ketones (excluding diaryl/α,β-unsaturated/α-hetero) is 1. The van der Waals surface area contributed by atoms with Gasteiger partial charge < -0.3 is 10.1 Å². The van der Waals surface area contributed by atoms with Crippen LogP contribution in [0.3, 0.4) is 0 Å². The van der Waals surface area contributed by atoms with Gasteiger partial charge in [-0.15, -0.1) is 0 Å². The summed E-state index contributed by atoms with van der Waals surface area (Å²) >= 11 is 0. The molecule has 3 heteroatoms. The van der Waals surface area contributed by atoms with Crippen LogP contribution in [0.5, 0.6) is 5.75 Å². The summed E-state index contributed by atoms with van der Waals surface area (Å²) in [6.07, 6.45) is 1.48. The molecular weight excluding hydrogens is 202 g/mol. The molecule has 1 fully saturated rings. The Kier molecular flexibility index (Phi) is 3.57. The summed E-state index contributed by atoms with van der Waals surface area (Å²) in [6.45, 7) is 1.73. The van der Waals surface area contributed by atoms with Gasteiger partial charge >= 0.3 is 0 Å². The molecule has 1 saturated heterocycles. The molecule has 0 unspecified atom stereocenters. The number of methoxy groups -OCH3 is 1. The average Bonchev–Trinajstić information content (AvgIpc) is 2.25. The Morgan fingerprint density at radius 3 is 2.56 bits per heavy atom. The molecule has 0 aliphatic carbocycles. The van der Waals surface area contributed by atoms with Crippen LogP contribution in [0.2, 0.25) is 0 Å². The third-order valence-corrected chi connectivity index (χ3v) is 3.06. The number of ketones is 1. The van der Waals surface area contributed by atoms with Crippen molar-refractivity contribution in [1.29, 1.82) is 0 Å². The first-order valence-corrected chi connectivity index (χ1v) is 5.66. The number of carbonyl (C=O) groups is 1. The number of hydrogen-bond acceptors (Lipinski definition) is 3. The molecule has 0 saturated carbocycles. The van der Waals surface area contributed by atoms with Crippen LogP contribution >= 0.6 is 0 Å². The molecular formula is C13H17NO2. The highest BCUT2D eigenvalue weighted by atomic mass is 16.5. The molecule has 1 heterocycles. The second kappa shape index (κ2) is 5.12. The van der Waals surface area contributed by atoms with Crippen LogP contribution < -0.4 is 10.1 Å². The minimum Gasteiger partial charge on any atom is -0.497 e. The summed E-state index contributed by atoms with van der Waals surface area (Å²) in [4.78, 5) is 11.7. The summed E-state index contributed by atoms with van der Waals surface area (Å²) in [7, 11) is 1.65. The molecule has 0 spiro atoms. The minimum atomic E-state index is 0.262. The normalized spacial score (nSPS) is 15.6. The average molecular weight is 219 g/mol. The number of benzene rings is 1. The maximum atomic E-state index is 11.7. The summed E-state index contributed by atoms with van der Waals surface area (Å²) in [5.74, 6) is 1.51. The van der Waals surface area contributed by atoms with Crippen LogP contribution in [0.4, 0.5) is 0 Å². The summed E-state index contributed by atoms with van der Waals surface area (Å²) in [6, 6.07) is 7.91. The van der Waals surface area contributed by atoms with Crippen molar-refractivity contribution < 1.29 is 9.53 Å². The van der Waals surface area contributed by atoms with Crippen LogP contribution in [0.25, 0.3) is 0 Å². The topological polar surface area (TPSA) is 38.3 Å². The second-order valence-corrected chi connectivity index (χ2v) is 4.17. The van der Waals surface area contributed by atoms with Gasteiger partial charge in [0.2, 0.25) is 0 Å². The minimum absolute atomic E-state index is 0.262. The monoisotopic (exact) mass is 219 g/mol. The third kappa shape index (κ3) is 2.61. The van der Waals surface area contributed by atoms with Crippen LogP contribution in [0, 0.1) is 5.92 Å². The first kappa shape index (κ1) is 11.1. The van der Waals surface area contributed by atoms with E-state index in [1.54, 1.807) is 7.11 Å². The summed E-state index contributed by atoms with van der Waals surface area (Å²) < 4.78 is 5.08. The molecule has 1 aliphatic rings.